The third-order valence-corrected chi connectivity index (χ3v) is 6.11. The van der Waals surface area contributed by atoms with Gasteiger partial charge in [-0.1, -0.05) is 60.5 Å². The maximum absolute atomic E-state index is 4.87. The summed E-state index contributed by atoms with van der Waals surface area (Å²) >= 11 is 3.68. The molecule has 0 radical (unpaired) electrons. The summed E-state index contributed by atoms with van der Waals surface area (Å²) in [5.74, 6) is 0. The zero-order valence-corrected chi connectivity index (χ0v) is 15.7. The molecule has 1 saturated carbocycles. The van der Waals surface area contributed by atoms with Crippen molar-refractivity contribution in [1.29, 1.82) is 0 Å². The quantitative estimate of drug-likeness (QED) is 0.326. The highest BCUT2D eigenvalue weighted by Crippen LogP contribution is 2.32. The predicted octanol–water partition coefficient (Wildman–Crippen LogP) is 7.01. The van der Waals surface area contributed by atoms with E-state index in [-0.39, 0.29) is 0 Å². The van der Waals surface area contributed by atoms with Gasteiger partial charge >= 0.3 is 0 Å². The number of aryl methyl sites for hydroxylation is 1. The molecule has 124 valence electrons. The number of nitrogens with zero attached hydrogens (tertiary/aromatic N) is 1. The Hall–Kier alpha value is -1.45. The lowest BCUT2D eigenvalue weighted by Gasteiger charge is -2.08. The summed E-state index contributed by atoms with van der Waals surface area (Å²) in [6, 6.07) is 18.9. The molecule has 0 bridgehead atoms. The van der Waals surface area contributed by atoms with Crippen molar-refractivity contribution in [2.24, 2.45) is 4.99 Å². The van der Waals surface area contributed by atoms with E-state index in [1.54, 1.807) is 11.8 Å². The molecular weight excluding hydrogens is 330 g/mol. The third-order valence-electron chi connectivity index (χ3n) is 4.02. The van der Waals surface area contributed by atoms with Crippen LogP contribution in [0.15, 0.2) is 76.0 Å². The van der Waals surface area contributed by atoms with Crippen LogP contribution in [0.5, 0.6) is 0 Å². The van der Waals surface area contributed by atoms with Gasteiger partial charge in [-0.05, 0) is 55.5 Å². The fraction of sp³-hybridized carbons (Fsp3) is 0.286. The number of rotatable bonds is 5. The number of hydrogen-bond acceptors (Lipinski definition) is 3. The van der Waals surface area contributed by atoms with Gasteiger partial charge in [0.1, 0.15) is 0 Å². The number of aliphatic imine (C=N–C) groups is 1. The lowest BCUT2D eigenvalue weighted by Crippen LogP contribution is -1.99. The minimum absolute atomic E-state index is 0.723. The molecule has 1 aliphatic carbocycles. The first-order valence-corrected chi connectivity index (χ1v) is 10.3. The highest BCUT2D eigenvalue weighted by molar-refractivity contribution is 8.15. The molecule has 0 unspecified atom stereocenters. The number of benzene rings is 2. The largest absolute Gasteiger partial charge is 0.242 e. The Morgan fingerprint density at radius 3 is 2.42 bits per heavy atom. The Kier molecular flexibility index (Phi) is 6.62. The summed E-state index contributed by atoms with van der Waals surface area (Å²) in [4.78, 5) is 6.13. The maximum atomic E-state index is 4.87. The molecule has 1 fully saturated rings. The van der Waals surface area contributed by atoms with E-state index in [1.165, 1.54) is 36.1 Å². The van der Waals surface area contributed by atoms with Crippen molar-refractivity contribution >= 4 is 34.3 Å². The maximum Gasteiger partial charge on any atom is 0.0975 e. The molecule has 0 N–H and O–H groups in total. The molecule has 0 spiro atoms. The molecule has 2 aromatic rings. The SMILES string of the molecule is Cc1ccc(N=C(C=CSc2ccccc2)SC2CCCC2)cc1. The minimum Gasteiger partial charge on any atom is -0.242 e. The van der Waals surface area contributed by atoms with Crippen LogP contribution >= 0.6 is 23.5 Å². The van der Waals surface area contributed by atoms with Crippen LogP contribution in [-0.2, 0) is 0 Å². The van der Waals surface area contributed by atoms with Crippen molar-refractivity contribution in [1.82, 2.24) is 0 Å². The highest BCUT2D eigenvalue weighted by Gasteiger charge is 2.17. The molecule has 0 aromatic heterocycles. The molecule has 0 heterocycles. The Labute approximate surface area is 153 Å². The first kappa shape index (κ1) is 17.4. The Morgan fingerprint density at radius 2 is 1.71 bits per heavy atom. The van der Waals surface area contributed by atoms with Crippen molar-refractivity contribution in [3.63, 3.8) is 0 Å². The highest BCUT2D eigenvalue weighted by atomic mass is 32.2. The fourth-order valence-electron chi connectivity index (χ4n) is 2.70. The molecular formula is C21H23NS2. The number of hydrogen-bond donors (Lipinski definition) is 0. The van der Waals surface area contributed by atoms with Crippen LogP contribution in [0.4, 0.5) is 5.69 Å². The monoisotopic (exact) mass is 353 g/mol. The molecule has 2 aromatic carbocycles. The average molecular weight is 354 g/mol. The van der Waals surface area contributed by atoms with Crippen molar-refractivity contribution in [3.05, 3.63) is 71.6 Å². The van der Waals surface area contributed by atoms with E-state index in [2.05, 4.69) is 66.9 Å². The number of thioether (sulfide) groups is 2. The Bertz CT molecular complexity index is 684. The second kappa shape index (κ2) is 9.14. The molecule has 3 rings (SSSR count). The molecule has 3 heteroatoms. The zero-order chi connectivity index (χ0) is 16.6. The van der Waals surface area contributed by atoms with E-state index in [9.17, 15) is 0 Å². The van der Waals surface area contributed by atoms with E-state index in [4.69, 9.17) is 4.99 Å². The van der Waals surface area contributed by atoms with Gasteiger partial charge in [-0.3, -0.25) is 0 Å². The Balaban J connectivity index is 1.72. The smallest absolute Gasteiger partial charge is 0.0975 e. The van der Waals surface area contributed by atoms with E-state index in [0.717, 1.165) is 16.0 Å². The molecule has 0 amide bonds. The van der Waals surface area contributed by atoms with Gasteiger partial charge in [-0.25, -0.2) is 4.99 Å². The second-order valence-corrected chi connectivity index (χ2v) is 8.34. The van der Waals surface area contributed by atoms with Crippen molar-refractivity contribution in [2.45, 2.75) is 42.8 Å². The molecule has 0 saturated heterocycles. The summed E-state index contributed by atoms with van der Waals surface area (Å²) < 4.78 is 0. The van der Waals surface area contributed by atoms with E-state index in [1.807, 2.05) is 17.8 Å². The minimum atomic E-state index is 0.723. The van der Waals surface area contributed by atoms with Gasteiger partial charge in [0.25, 0.3) is 0 Å². The molecule has 24 heavy (non-hydrogen) atoms. The predicted molar refractivity (Wildman–Crippen MR) is 110 cm³/mol. The van der Waals surface area contributed by atoms with Gasteiger partial charge < -0.3 is 0 Å². The van der Waals surface area contributed by atoms with E-state index in [0.29, 0.717) is 0 Å². The molecule has 0 aliphatic heterocycles. The van der Waals surface area contributed by atoms with Crippen molar-refractivity contribution < 1.29 is 0 Å². The van der Waals surface area contributed by atoms with Gasteiger partial charge in [-0.2, -0.15) is 0 Å². The van der Waals surface area contributed by atoms with Crippen molar-refractivity contribution in [3.8, 4) is 0 Å². The molecule has 0 atom stereocenters. The van der Waals surface area contributed by atoms with Crippen LogP contribution in [0.3, 0.4) is 0 Å². The zero-order valence-electron chi connectivity index (χ0n) is 14.0. The van der Waals surface area contributed by atoms with Gasteiger partial charge in [0.2, 0.25) is 0 Å². The topological polar surface area (TPSA) is 12.4 Å². The Morgan fingerprint density at radius 1 is 1.00 bits per heavy atom. The van der Waals surface area contributed by atoms with E-state index < -0.39 is 0 Å². The second-order valence-electron chi connectivity index (χ2n) is 6.04. The first-order chi connectivity index (χ1) is 11.8. The van der Waals surface area contributed by atoms with Crippen LogP contribution in [0.25, 0.3) is 0 Å². The van der Waals surface area contributed by atoms with Gasteiger partial charge in [-0.15, -0.1) is 11.8 Å². The standard InChI is InChI=1S/C21H23NS2/c1-17-11-13-18(14-12-17)22-21(24-20-9-5-6-10-20)15-16-23-19-7-3-2-4-8-19/h2-4,7-8,11-16,20H,5-6,9-10H2,1H3. The van der Waals surface area contributed by atoms with Gasteiger partial charge in [0.05, 0.1) is 10.7 Å². The summed E-state index contributed by atoms with van der Waals surface area (Å²) in [5, 5.41) is 4.00. The molecule has 1 nitrogen and oxygen atoms in total. The fourth-order valence-corrected chi connectivity index (χ4v) is 4.67. The van der Waals surface area contributed by atoms with E-state index >= 15 is 0 Å². The van der Waals surface area contributed by atoms with Crippen LogP contribution in [-0.4, -0.2) is 10.3 Å². The van der Waals surface area contributed by atoms with Crippen LogP contribution in [0.1, 0.15) is 31.2 Å². The summed E-state index contributed by atoms with van der Waals surface area (Å²) in [6.07, 6.45) is 7.52. The van der Waals surface area contributed by atoms with Crippen molar-refractivity contribution in [2.75, 3.05) is 0 Å². The van der Waals surface area contributed by atoms with Crippen LogP contribution in [0, 0.1) is 6.92 Å². The summed E-state index contributed by atoms with van der Waals surface area (Å²) in [7, 11) is 0. The summed E-state index contributed by atoms with van der Waals surface area (Å²) in [5.41, 5.74) is 2.31. The lowest BCUT2D eigenvalue weighted by molar-refractivity contribution is 0.886. The van der Waals surface area contributed by atoms with Gasteiger partial charge in [0, 0.05) is 10.1 Å². The van der Waals surface area contributed by atoms with Crippen LogP contribution in [0.2, 0.25) is 0 Å². The average Bonchev–Trinajstić information content (AvgIpc) is 3.11. The molecule has 1 aliphatic rings. The van der Waals surface area contributed by atoms with Crippen LogP contribution < -0.4 is 0 Å². The van der Waals surface area contributed by atoms with Gasteiger partial charge in [0.15, 0.2) is 0 Å². The summed E-state index contributed by atoms with van der Waals surface area (Å²) in [6.45, 7) is 2.11. The third kappa shape index (κ3) is 5.57. The normalized spacial score (nSPS) is 16.1. The lowest BCUT2D eigenvalue weighted by atomic mass is 10.2. The first-order valence-electron chi connectivity index (χ1n) is 8.50.